The van der Waals surface area contributed by atoms with Crippen molar-refractivity contribution in [3.05, 3.63) is 53.6 Å². The fraction of sp³-hybridized carbons (Fsp3) is 0.391. The predicted molar refractivity (Wildman–Crippen MR) is 115 cm³/mol. The zero-order chi connectivity index (χ0) is 22.8. The van der Waals surface area contributed by atoms with Crippen LogP contribution in [0.2, 0.25) is 0 Å². The molecule has 0 heterocycles. The van der Waals surface area contributed by atoms with Crippen LogP contribution in [-0.2, 0) is 6.54 Å². The van der Waals surface area contributed by atoms with Gasteiger partial charge in [-0.15, -0.1) is 0 Å². The number of benzene rings is 2. The average molecular weight is 437 g/mol. The van der Waals surface area contributed by atoms with Crippen molar-refractivity contribution in [1.29, 1.82) is 0 Å². The third-order valence-electron chi connectivity index (χ3n) is 4.40. The summed E-state index contributed by atoms with van der Waals surface area (Å²) in [5.74, 6) is 1.35. The molecule has 0 aliphatic carbocycles. The summed E-state index contributed by atoms with van der Waals surface area (Å²) in [7, 11) is 4.80. The standard InChI is InChI=1S/C23H29F2NO5/c1-5-6-16-7-9-19(21(11-16)28-3)30-15-18(27)14-26(2)13-17-8-10-20(31-23(24)25)22(12-17)29-4/h5-12,18,23,27H,13-15H2,1-4H3. The summed E-state index contributed by atoms with van der Waals surface area (Å²) in [6.07, 6.45) is 3.15. The molecule has 0 fully saturated rings. The average Bonchev–Trinajstić information content (AvgIpc) is 2.73. The first-order valence-electron chi connectivity index (χ1n) is 9.78. The number of alkyl halides is 2. The van der Waals surface area contributed by atoms with E-state index in [1.54, 1.807) is 25.3 Å². The molecule has 0 aliphatic heterocycles. The van der Waals surface area contributed by atoms with E-state index in [9.17, 15) is 13.9 Å². The number of rotatable bonds is 12. The van der Waals surface area contributed by atoms with Crippen LogP contribution in [0.3, 0.4) is 0 Å². The molecule has 0 radical (unpaired) electrons. The number of aliphatic hydroxyl groups is 1. The van der Waals surface area contributed by atoms with Gasteiger partial charge in [0.05, 0.1) is 14.2 Å². The Labute approximate surface area is 181 Å². The highest BCUT2D eigenvalue weighted by Crippen LogP contribution is 2.30. The fourth-order valence-electron chi connectivity index (χ4n) is 3.08. The quantitative estimate of drug-likeness (QED) is 0.537. The van der Waals surface area contributed by atoms with Gasteiger partial charge in [0.15, 0.2) is 23.0 Å². The number of hydrogen-bond acceptors (Lipinski definition) is 6. The maximum Gasteiger partial charge on any atom is 0.387 e. The molecule has 2 rings (SSSR count). The summed E-state index contributed by atoms with van der Waals surface area (Å²) in [5.41, 5.74) is 1.82. The van der Waals surface area contributed by atoms with E-state index in [0.29, 0.717) is 24.6 Å². The zero-order valence-corrected chi connectivity index (χ0v) is 18.2. The van der Waals surface area contributed by atoms with Crippen LogP contribution in [0.25, 0.3) is 6.08 Å². The van der Waals surface area contributed by atoms with Crippen LogP contribution in [0, 0.1) is 0 Å². The van der Waals surface area contributed by atoms with Crippen LogP contribution in [0.1, 0.15) is 18.1 Å². The zero-order valence-electron chi connectivity index (χ0n) is 18.2. The lowest BCUT2D eigenvalue weighted by molar-refractivity contribution is -0.0512. The van der Waals surface area contributed by atoms with Crippen molar-refractivity contribution in [3.8, 4) is 23.0 Å². The molecule has 6 nitrogen and oxygen atoms in total. The van der Waals surface area contributed by atoms with E-state index >= 15 is 0 Å². The van der Waals surface area contributed by atoms with E-state index in [4.69, 9.17) is 14.2 Å². The van der Waals surface area contributed by atoms with Gasteiger partial charge in [-0.05, 0) is 49.4 Å². The first-order chi connectivity index (χ1) is 14.9. The molecular formula is C23H29F2NO5. The van der Waals surface area contributed by atoms with Gasteiger partial charge in [0.1, 0.15) is 12.7 Å². The van der Waals surface area contributed by atoms with Crippen LogP contribution in [0.15, 0.2) is 42.5 Å². The molecule has 31 heavy (non-hydrogen) atoms. The number of hydrogen-bond donors (Lipinski definition) is 1. The smallest absolute Gasteiger partial charge is 0.387 e. The Morgan fingerprint density at radius 2 is 1.68 bits per heavy atom. The maximum absolute atomic E-state index is 12.5. The minimum Gasteiger partial charge on any atom is -0.493 e. The van der Waals surface area contributed by atoms with Crippen LogP contribution >= 0.6 is 0 Å². The normalized spacial score (nSPS) is 12.4. The van der Waals surface area contributed by atoms with Crippen molar-refractivity contribution in [3.63, 3.8) is 0 Å². The molecule has 0 saturated carbocycles. The molecule has 2 aromatic rings. The van der Waals surface area contributed by atoms with Crippen molar-refractivity contribution >= 4 is 6.08 Å². The van der Waals surface area contributed by atoms with Crippen molar-refractivity contribution in [2.75, 3.05) is 34.4 Å². The van der Waals surface area contributed by atoms with Gasteiger partial charge in [0.25, 0.3) is 0 Å². The van der Waals surface area contributed by atoms with Crippen LogP contribution in [-0.4, -0.2) is 57.1 Å². The van der Waals surface area contributed by atoms with Gasteiger partial charge in [-0.1, -0.05) is 24.3 Å². The van der Waals surface area contributed by atoms with Crippen molar-refractivity contribution in [2.45, 2.75) is 26.2 Å². The van der Waals surface area contributed by atoms with Crippen LogP contribution in [0.5, 0.6) is 23.0 Å². The van der Waals surface area contributed by atoms with Gasteiger partial charge in [0.2, 0.25) is 0 Å². The van der Waals surface area contributed by atoms with E-state index in [0.717, 1.165) is 11.1 Å². The molecular weight excluding hydrogens is 408 g/mol. The van der Waals surface area contributed by atoms with Crippen molar-refractivity contribution in [1.82, 2.24) is 4.90 Å². The molecule has 0 bridgehead atoms. The monoisotopic (exact) mass is 437 g/mol. The Morgan fingerprint density at radius 3 is 2.32 bits per heavy atom. The molecule has 0 spiro atoms. The Bertz CT molecular complexity index is 860. The number of methoxy groups -OCH3 is 2. The molecule has 8 heteroatoms. The number of likely N-dealkylation sites (N-methyl/N-ethyl adjacent to an activating group) is 1. The minimum atomic E-state index is -2.92. The number of allylic oxidation sites excluding steroid dienone is 1. The highest BCUT2D eigenvalue weighted by molar-refractivity contribution is 5.55. The fourth-order valence-corrected chi connectivity index (χ4v) is 3.08. The highest BCUT2D eigenvalue weighted by Gasteiger charge is 2.14. The van der Waals surface area contributed by atoms with Gasteiger partial charge >= 0.3 is 6.61 Å². The van der Waals surface area contributed by atoms with Gasteiger partial charge in [-0.25, -0.2) is 0 Å². The molecule has 0 amide bonds. The lowest BCUT2D eigenvalue weighted by Crippen LogP contribution is -2.32. The van der Waals surface area contributed by atoms with Crippen molar-refractivity contribution < 1.29 is 32.8 Å². The molecule has 0 aliphatic rings. The first kappa shape index (κ1) is 24.4. The Hall–Kier alpha value is -2.84. The summed E-state index contributed by atoms with van der Waals surface area (Å²) < 4.78 is 45.5. The second kappa shape index (κ2) is 12.1. The second-order valence-electron chi connectivity index (χ2n) is 6.94. The van der Waals surface area contributed by atoms with Gasteiger partial charge in [-0.3, -0.25) is 4.90 Å². The first-order valence-corrected chi connectivity index (χ1v) is 9.78. The van der Waals surface area contributed by atoms with Crippen molar-refractivity contribution in [2.24, 2.45) is 0 Å². The highest BCUT2D eigenvalue weighted by atomic mass is 19.3. The van der Waals surface area contributed by atoms with Crippen LogP contribution < -0.4 is 18.9 Å². The van der Waals surface area contributed by atoms with E-state index in [-0.39, 0.29) is 18.1 Å². The summed E-state index contributed by atoms with van der Waals surface area (Å²) >= 11 is 0. The SMILES string of the molecule is CC=Cc1ccc(OCC(O)CN(C)Cc2ccc(OC(F)F)c(OC)c2)c(OC)c1. The Balaban J connectivity index is 1.91. The van der Waals surface area contributed by atoms with E-state index < -0.39 is 12.7 Å². The van der Waals surface area contributed by atoms with E-state index in [1.165, 1.54) is 13.2 Å². The van der Waals surface area contributed by atoms with Gasteiger partial charge in [-0.2, -0.15) is 8.78 Å². The number of halogens is 2. The topological polar surface area (TPSA) is 60.4 Å². The maximum atomic E-state index is 12.5. The molecule has 1 atom stereocenters. The third kappa shape index (κ3) is 7.73. The van der Waals surface area contributed by atoms with Crippen LogP contribution in [0.4, 0.5) is 8.78 Å². The summed E-state index contributed by atoms with van der Waals surface area (Å²) in [4.78, 5) is 1.89. The van der Waals surface area contributed by atoms with Gasteiger partial charge in [0, 0.05) is 13.1 Å². The molecule has 1 unspecified atom stereocenters. The molecule has 170 valence electrons. The molecule has 1 N–H and O–H groups in total. The molecule has 0 saturated heterocycles. The second-order valence-corrected chi connectivity index (χ2v) is 6.94. The predicted octanol–water partition coefficient (Wildman–Crippen LogP) is 4.21. The lowest BCUT2D eigenvalue weighted by atomic mass is 10.2. The molecule has 2 aromatic carbocycles. The summed E-state index contributed by atoms with van der Waals surface area (Å²) in [6, 6.07) is 10.3. The number of aliphatic hydroxyl groups excluding tert-OH is 1. The number of nitrogens with zero attached hydrogens (tertiary/aromatic N) is 1. The largest absolute Gasteiger partial charge is 0.493 e. The van der Waals surface area contributed by atoms with Gasteiger partial charge < -0.3 is 24.1 Å². The Kier molecular flexibility index (Phi) is 9.55. The minimum absolute atomic E-state index is 0.0215. The summed E-state index contributed by atoms with van der Waals surface area (Å²) in [5, 5.41) is 10.4. The number of ether oxygens (including phenoxy) is 4. The Morgan fingerprint density at radius 1 is 1.00 bits per heavy atom. The lowest BCUT2D eigenvalue weighted by Gasteiger charge is -2.22. The third-order valence-corrected chi connectivity index (χ3v) is 4.40. The van der Waals surface area contributed by atoms with E-state index in [1.807, 2.05) is 43.2 Å². The summed E-state index contributed by atoms with van der Waals surface area (Å²) in [6.45, 7) is -0.0737. The molecule has 0 aromatic heterocycles. The van der Waals surface area contributed by atoms with E-state index in [2.05, 4.69) is 4.74 Å².